The molecule has 0 fully saturated rings. The van der Waals surface area contributed by atoms with Crippen molar-refractivity contribution >= 4 is 17.7 Å². The lowest BCUT2D eigenvalue weighted by molar-refractivity contribution is -0.133. The van der Waals surface area contributed by atoms with Crippen LogP contribution >= 0.6 is 11.8 Å². The van der Waals surface area contributed by atoms with Crippen LogP contribution in [0.3, 0.4) is 0 Å². The number of hydrogen-bond donors (Lipinski definition) is 1. The number of likely N-dealkylation sites (N-methyl/N-ethyl adjacent to an activating group) is 1. The van der Waals surface area contributed by atoms with E-state index < -0.39 is 6.04 Å². The predicted octanol–water partition coefficient (Wildman–Crippen LogP) is 1.68. The smallest absolute Gasteiger partial charge is 0.239 e. The van der Waals surface area contributed by atoms with Crippen molar-refractivity contribution in [1.82, 2.24) is 9.88 Å². The number of aromatic nitrogens is 1. The maximum atomic E-state index is 12.1. The largest absolute Gasteiger partial charge is 0.338 e. The minimum Gasteiger partial charge on any atom is -0.338 e. The highest BCUT2D eigenvalue weighted by molar-refractivity contribution is 7.98. The number of carbonyl (C=O) groups is 1. The van der Waals surface area contributed by atoms with E-state index in [1.165, 1.54) is 0 Å². The Morgan fingerprint density at radius 1 is 1.50 bits per heavy atom. The van der Waals surface area contributed by atoms with Crippen molar-refractivity contribution in [1.29, 1.82) is 0 Å². The molecule has 18 heavy (non-hydrogen) atoms. The monoisotopic (exact) mass is 267 g/mol. The van der Waals surface area contributed by atoms with Crippen LogP contribution in [0.1, 0.15) is 24.9 Å². The summed E-state index contributed by atoms with van der Waals surface area (Å²) in [5.41, 5.74) is 6.97. The van der Waals surface area contributed by atoms with Crippen molar-refractivity contribution in [2.24, 2.45) is 5.73 Å². The summed E-state index contributed by atoms with van der Waals surface area (Å²) >= 11 is 1.70. The standard InChI is InChI=1S/C13H21N3OS/c1-10(11-4-7-15-8-5-11)16(2)13(17)12(14)6-9-18-3/h4-5,7-8,10,12H,6,9,14H2,1-3H3/t10?,12-/m0/s1. The number of nitrogens with two attached hydrogens (primary N) is 1. The summed E-state index contributed by atoms with van der Waals surface area (Å²) in [5.74, 6) is 0.901. The van der Waals surface area contributed by atoms with Crippen molar-refractivity contribution in [3.05, 3.63) is 30.1 Å². The van der Waals surface area contributed by atoms with Gasteiger partial charge in [0, 0.05) is 19.4 Å². The Labute approximate surface area is 113 Å². The van der Waals surface area contributed by atoms with Crippen LogP contribution in [0.25, 0.3) is 0 Å². The number of amides is 1. The van der Waals surface area contributed by atoms with Gasteiger partial charge in [-0.1, -0.05) is 0 Å². The third kappa shape index (κ3) is 3.99. The van der Waals surface area contributed by atoms with Gasteiger partial charge in [0.05, 0.1) is 12.1 Å². The topological polar surface area (TPSA) is 59.2 Å². The molecule has 1 heterocycles. The van der Waals surface area contributed by atoms with Crippen LogP contribution in [0, 0.1) is 0 Å². The van der Waals surface area contributed by atoms with Crippen molar-refractivity contribution in [2.75, 3.05) is 19.1 Å². The molecule has 1 aromatic heterocycles. The first-order valence-corrected chi connectivity index (χ1v) is 7.38. The van der Waals surface area contributed by atoms with Crippen LogP contribution in [-0.2, 0) is 4.79 Å². The van der Waals surface area contributed by atoms with Gasteiger partial charge in [0.15, 0.2) is 0 Å². The number of thioether (sulfide) groups is 1. The molecule has 1 aromatic rings. The fourth-order valence-corrected chi connectivity index (χ4v) is 2.18. The lowest BCUT2D eigenvalue weighted by Crippen LogP contribution is -2.43. The van der Waals surface area contributed by atoms with Crippen LogP contribution in [0.2, 0.25) is 0 Å². The highest BCUT2D eigenvalue weighted by atomic mass is 32.2. The Kier molecular flexibility index (Phi) is 6.15. The summed E-state index contributed by atoms with van der Waals surface area (Å²) in [6.45, 7) is 1.99. The molecule has 0 aliphatic carbocycles. The van der Waals surface area contributed by atoms with E-state index in [1.807, 2.05) is 25.3 Å². The van der Waals surface area contributed by atoms with Gasteiger partial charge in [-0.25, -0.2) is 0 Å². The first-order chi connectivity index (χ1) is 8.57. The van der Waals surface area contributed by atoms with Gasteiger partial charge in [-0.15, -0.1) is 0 Å². The first kappa shape index (κ1) is 15.0. The van der Waals surface area contributed by atoms with E-state index in [-0.39, 0.29) is 11.9 Å². The van der Waals surface area contributed by atoms with E-state index in [2.05, 4.69) is 4.98 Å². The fourth-order valence-electron chi connectivity index (χ4n) is 1.69. The highest BCUT2D eigenvalue weighted by Crippen LogP contribution is 2.18. The minimum absolute atomic E-state index is 0.00615. The molecule has 1 rings (SSSR count). The molecule has 0 aliphatic heterocycles. The van der Waals surface area contributed by atoms with Crippen LogP contribution in [0.4, 0.5) is 0 Å². The van der Waals surface area contributed by atoms with Gasteiger partial charge in [-0.3, -0.25) is 9.78 Å². The summed E-state index contributed by atoms with van der Waals surface area (Å²) < 4.78 is 0. The van der Waals surface area contributed by atoms with E-state index in [1.54, 1.807) is 36.1 Å². The lowest BCUT2D eigenvalue weighted by Gasteiger charge is -2.27. The SMILES string of the molecule is CSCC[C@H](N)C(=O)N(C)C(C)c1ccncc1. The normalized spacial score (nSPS) is 14.0. The molecular weight excluding hydrogens is 246 g/mol. The Balaban J connectivity index is 2.63. The average molecular weight is 267 g/mol. The second-order valence-corrected chi connectivity index (χ2v) is 5.28. The van der Waals surface area contributed by atoms with Crippen LogP contribution in [0.15, 0.2) is 24.5 Å². The maximum Gasteiger partial charge on any atom is 0.239 e. The van der Waals surface area contributed by atoms with E-state index >= 15 is 0 Å². The van der Waals surface area contributed by atoms with Gasteiger partial charge < -0.3 is 10.6 Å². The summed E-state index contributed by atoms with van der Waals surface area (Å²) in [7, 11) is 1.80. The zero-order chi connectivity index (χ0) is 13.5. The molecule has 0 aliphatic rings. The van der Waals surface area contributed by atoms with Crippen molar-refractivity contribution in [3.8, 4) is 0 Å². The lowest BCUT2D eigenvalue weighted by atomic mass is 10.1. The molecule has 0 aromatic carbocycles. The first-order valence-electron chi connectivity index (χ1n) is 5.99. The number of hydrogen-bond acceptors (Lipinski definition) is 4. The van der Waals surface area contributed by atoms with Gasteiger partial charge in [-0.05, 0) is 43.0 Å². The van der Waals surface area contributed by atoms with E-state index in [4.69, 9.17) is 5.73 Å². The summed E-state index contributed by atoms with van der Waals surface area (Å²) in [6, 6.07) is 3.44. The van der Waals surface area contributed by atoms with Gasteiger partial charge in [0.1, 0.15) is 0 Å². The maximum absolute atomic E-state index is 12.1. The fraction of sp³-hybridized carbons (Fsp3) is 0.538. The summed E-state index contributed by atoms with van der Waals surface area (Å²) in [4.78, 5) is 17.8. The molecule has 0 saturated carbocycles. The Bertz CT molecular complexity index is 372. The molecule has 100 valence electrons. The van der Waals surface area contributed by atoms with Crippen LogP contribution < -0.4 is 5.73 Å². The molecule has 5 heteroatoms. The molecule has 1 unspecified atom stereocenters. The van der Waals surface area contributed by atoms with E-state index in [9.17, 15) is 4.79 Å². The van der Waals surface area contributed by atoms with Crippen LogP contribution in [0.5, 0.6) is 0 Å². The van der Waals surface area contributed by atoms with Crippen molar-refractivity contribution in [2.45, 2.75) is 25.4 Å². The Morgan fingerprint density at radius 2 is 2.11 bits per heavy atom. The zero-order valence-electron chi connectivity index (χ0n) is 11.2. The predicted molar refractivity (Wildman–Crippen MR) is 76.4 cm³/mol. The molecule has 0 bridgehead atoms. The van der Waals surface area contributed by atoms with Gasteiger partial charge in [0.2, 0.25) is 5.91 Å². The highest BCUT2D eigenvalue weighted by Gasteiger charge is 2.22. The van der Waals surface area contributed by atoms with Crippen molar-refractivity contribution in [3.63, 3.8) is 0 Å². The minimum atomic E-state index is -0.410. The molecular formula is C13H21N3OS. The number of pyridine rings is 1. The number of nitrogens with zero attached hydrogens (tertiary/aromatic N) is 2. The molecule has 4 nitrogen and oxygen atoms in total. The average Bonchev–Trinajstić information content (AvgIpc) is 2.43. The van der Waals surface area contributed by atoms with Crippen LogP contribution in [-0.4, -0.2) is 40.9 Å². The summed E-state index contributed by atoms with van der Waals surface area (Å²) in [6.07, 6.45) is 6.20. The van der Waals surface area contributed by atoms with Crippen molar-refractivity contribution < 1.29 is 4.79 Å². The third-order valence-corrected chi connectivity index (χ3v) is 3.71. The van der Waals surface area contributed by atoms with E-state index in [0.29, 0.717) is 6.42 Å². The second kappa shape index (κ2) is 7.38. The van der Waals surface area contributed by atoms with Gasteiger partial charge in [-0.2, -0.15) is 11.8 Å². The van der Waals surface area contributed by atoms with E-state index in [0.717, 1.165) is 11.3 Å². The molecule has 2 atom stereocenters. The quantitative estimate of drug-likeness (QED) is 0.852. The third-order valence-electron chi connectivity index (χ3n) is 3.07. The summed E-state index contributed by atoms with van der Waals surface area (Å²) in [5, 5.41) is 0. The second-order valence-electron chi connectivity index (χ2n) is 4.29. The molecule has 2 N–H and O–H groups in total. The molecule has 0 radical (unpaired) electrons. The van der Waals surface area contributed by atoms with Gasteiger partial charge in [0.25, 0.3) is 0 Å². The molecule has 1 amide bonds. The molecule has 0 spiro atoms. The van der Waals surface area contributed by atoms with Gasteiger partial charge >= 0.3 is 0 Å². The Morgan fingerprint density at radius 3 is 2.67 bits per heavy atom. The Hall–Kier alpha value is -1.07. The zero-order valence-corrected chi connectivity index (χ0v) is 12.0. The number of carbonyl (C=O) groups excluding carboxylic acids is 1. The number of rotatable bonds is 6. The molecule has 0 saturated heterocycles.